The molecule has 4 heteroatoms. The van der Waals surface area contributed by atoms with Crippen LogP contribution in [0, 0.1) is 0 Å². The van der Waals surface area contributed by atoms with Crippen LogP contribution in [-0.2, 0) is 10.8 Å². The lowest BCUT2D eigenvalue weighted by Gasteiger charge is -2.08. The highest BCUT2D eigenvalue weighted by atomic mass is 35.5. The molecule has 0 radical (unpaired) electrons. The Morgan fingerprint density at radius 2 is 2.33 bits per heavy atom. The molecule has 0 saturated carbocycles. The van der Waals surface area contributed by atoms with Crippen LogP contribution in [0.5, 0.6) is 0 Å². The van der Waals surface area contributed by atoms with Crippen molar-refractivity contribution < 1.29 is 4.21 Å². The Kier molecular flexibility index (Phi) is 6.71. The lowest BCUT2D eigenvalue weighted by atomic mass is 10.3. The second-order valence-electron chi connectivity index (χ2n) is 2.79. The summed E-state index contributed by atoms with van der Waals surface area (Å²) in [5, 5.41) is 3.97. The predicted octanol–water partition coefficient (Wildman–Crippen LogP) is 1.49. The van der Waals surface area contributed by atoms with Gasteiger partial charge in [0.15, 0.2) is 0 Å². The first-order chi connectivity index (χ1) is 5.54. The highest BCUT2D eigenvalue weighted by Crippen LogP contribution is 1.98. The second kappa shape index (κ2) is 6.63. The Balaban J connectivity index is 3.31. The van der Waals surface area contributed by atoms with Crippen LogP contribution >= 0.6 is 11.6 Å². The lowest BCUT2D eigenvalue weighted by Crippen LogP contribution is -2.22. The van der Waals surface area contributed by atoms with Crippen molar-refractivity contribution in [2.24, 2.45) is 0 Å². The van der Waals surface area contributed by atoms with Crippen LogP contribution < -0.4 is 5.32 Å². The van der Waals surface area contributed by atoms with E-state index < -0.39 is 10.8 Å². The first-order valence-electron chi connectivity index (χ1n) is 3.90. The summed E-state index contributed by atoms with van der Waals surface area (Å²) < 4.78 is 10.9. The summed E-state index contributed by atoms with van der Waals surface area (Å²) in [6.45, 7) is 7.00. The molecule has 0 heterocycles. The van der Waals surface area contributed by atoms with Crippen molar-refractivity contribution in [3.63, 3.8) is 0 Å². The Hall–Kier alpha value is 0.140. The van der Waals surface area contributed by atoms with Gasteiger partial charge in [0.2, 0.25) is 0 Å². The van der Waals surface area contributed by atoms with E-state index in [0.29, 0.717) is 11.6 Å². The Labute approximate surface area is 81.8 Å². The minimum absolute atomic E-state index is 0.251. The summed E-state index contributed by atoms with van der Waals surface area (Å²) in [4.78, 5) is 0. The average molecular weight is 210 g/mol. The third-order valence-electron chi connectivity index (χ3n) is 1.61. The topological polar surface area (TPSA) is 29.1 Å². The highest BCUT2D eigenvalue weighted by molar-refractivity contribution is 7.84. The fraction of sp³-hybridized carbons (Fsp3) is 0.750. The first kappa shape index (κ1) is 12.1. The molecule has 0 spiro atoms. The molecule has 0 aliphatic carbocycles. The number of hydrogen-bond acceptors (Lipinski definition) is 2. The summed E-state index contributed by atoms with van der Waals surface area (Å²) in [5.74, 6) is 0. The van der Waals surface area contributed by atoms with E-state index in [4.69, 9.17) is 11.6 Å². The van der Waals surface area contributed by atoms with Gasteiger partial charge in [-0.2, -0.15) is 0 Å². The quantitative estimate of drug-likeness (QED) is 0.672. The van der Waals surface area contributed by atoms with Gasteiger partial charge >= 0.3 is 0 Å². The van der Waals surface area contributed by atoms with E-state index in [2.05, 4.69) is 11.9 Å². The predicted molar refractivity (Wildman–Crippen MR) is 56.0 cm³/mol. The second-order valence-corrected chi connectivity index (χ2v) is 5.13. The van der Waals surface area contributed by atoms with E-state index in [1.807, 2.05) is 6.92 Å². The molecule has 0 aromatic heterocycles. The van der Waals surface area contributed by atoms with Gasteiger partial charge in [0.25, 0.3) is 0 Å². The highest BCUT2D eigenvalue weighted by Gasteiger charge is 2.04. The van der Waals surface area contributed by atoms with Crippen molar-refractivity contribution in [1.82, 2.24) is 5.32 Å². The van der Waals surface area contributed by atoms with Crippen molar-refractivity contribution in [2.45, 2.75) is 18.6 Å². The molecule has 0 aliphatic heterocycles. The average Bonchev–Trinajstić information content (AvgIpc) is 1.97. The maximum Gasteiger partial charge on any atom is 0.0329 e. The van der Waals surface area contributed by atoms with Gasteiger partial charge in [-0.25, -0.2) is 0 Å². The van der Waals surface area contributed by atoms with Gasteiger partial charge in [0.05, 0.1) is 0 Å². The third-order valence-corrected chi connectivity index (χ3v) is 3.11. The molecule has 12 heavy (non-hydrogen) atoms. The normalized spacial score (nSPS) is 15.6. The summed E-state index contributed by atoms with van der Waals surface area (Å²) in [5.41, 5.74) is 0. The van der Waals surface area contributed by atoms with Gasteiger partial charge in [-0.05, 0) is 13.0 Å². The molecule has 0 aromatic carbocycles. The van der Waals surface area contributed by atoms with Crippen LogP contribution in [0.25, 0.3) is 0 Å². The van der Waals surface area contributed by atoms with Gasteiger partial charge in [-0.3, -0.25) is 4.21 Å². The van der Waals surface area contributed by atoms with Crippen molar-refractivity contribution >= 4 is 22.4 Å². The van der Waals surface area contributed by atoms with E-state index in [1.54, 1.807) is 6.26 Å². The fourth-order valence-corrected chi connectivity index (χ4v) is 1.24. The molecular formula is C8H16ClNOS. The Morgan fingerprint density at radius 3 is 2.75 bits per heavy atom. The third kappa shape index (κ3) is 6.83. The molecule has 2 nitrogen and oxygen atoms in total. The van der Waals surface area contributed by atoms with Crippen molar-refractivity contribution in [3.8, 4) is 0 Å². The molecule has 2 unspecified atom stereocenters. The molecule has 72 valence electrons. The molecule has 0 saturated heterocycles. The number of rotatable bonds is 6. The molecule has 2 atom stereocenters. The molecular weight excluding hydrogens is 194 g/mol. The number of nitrogens with one attached hydrogen (secondary N) is 1. The van der Waals surface area contributed by atoms with Crippen LogP contribution in [-0.4, -0.2) is 28.8 Å². The minimum Gasteiger partial charge on any atom is -0.312 e. The zero-order valence-corrected chi connectivity index (χ0v) is 9.17. The summed E-state index contributed by atoms with van der Waals surface area (Å²) in [6.07, 6.45) is 2.64. The largest absolute Gasteiger partial charge is 0.312 e. The SMILES string of the molecule is C=C(Cl)CNCCC(C)S(C)=O. The van der Waals surface area contributed by atoms with E-state index in [-0.39, 0.29) is 5.25 Å². The van der Waals surface area contributed by atoms with Gasteiger partial charge in [-0.15, -0.1) is 0 Å². The Morgan fingerprint density at radius 1 is 1.75 bits per heavy atom. The van der Waals surface area contributed by atoms with Gasteiger partial charge in [-0.1, -0.05) is 25.1 Å². The maximum absolute atomic E-state index is 10.9. The lowest BCUT2D eigenvalue weighted by molar-refractivity contribution is 0.649. The monoisotopic (exact) mass is 209 g/mol. The minimum atomic E-state index is -0.720. The van der Waals surface area contributed by atoms with Crippen LogP contribution in [0.2, 0.25) is 0 Å². The van der Waals surface area contributed by atoms with Crippen molar-refractivity contribution in [2.75, 3.05) is 19.3 Å². The van der Waals surface area contributed by atoms with Gasteiger partial charge in [0, 0.05) is 33.9 Å². The van der Waals surface area contributed by atoms with E-state index in [1.165, 1.54) is 0 Å². The number of hydrogen-bond donors (Lipinski definition) is 1. The molecule has 0 rings (SSSR count). The molecule has 0 bridgehead atoms. The summed E-state index contributed by atoms with van der Waals surface area (Å²) >= 11 is 5.54. The molecule has 0 fully saturated rings. The van der Waals surface area contributed by atoms with Crippen LogP contribution in [0.4, 0.5) is 0 Å². The van der Waals surface area contributed by atoms with Crippen LogP contribution in [0.1, 0.15) is 13.3 Å². The van der Waals surface area contributed by atoms with Crippen molar-refractivity contribution in [1.29, 1.82) is 0 Å². The molecule has 0 aromatic rings. The first-order valence-corrected chi connectivity index (χ1v) is 5.90. The maximum atomic E-state index is 10.9. The van der Waals surface area contributed by atoms with Gasteiger partial charge < -0.3 is 5.32 Å². The van der Waals surface area contributed by atoms with Gasteiger partial charge in [0.1, 0.15) is 0 Å². The smallest absolute Gasteiger partial charge is 0.0329 e. The standard InChI is InChI=1S/C8H16ClNOS/c1-7(9)6-10-5-4-8(2)12(3)11/h8,10H,1,4-6H2,2-3H3. The number of halogens is 1. The summed E-state index contributed by atoms with van der Waals surface area (Å²) in [6, 6.07) is 0. The molecule has 0 aliphatic rings. The fourth-order valence-electron chi connectivity index (χ4n) is 0.695. The Bertz CT molecular complexity index is 172. The van der Waals surface area contributed by atoms with Crippen LogP contribution in [0.3, 0.4) is 0 Å². The van der Waals surface area contributed by atoms with E-state index in [0.717, 1.165) is 13.0 Å². The zero-order chi connectivity index (χ0) is 9.56. The molecule has 0 amide bonds. The van der Waals surface area contributed by atoms with E-state index in [9.17, 15) is 4.21 Å². The van der Waals surface area contributed by atoms with E-state index >= 15 is 0 Å². The zero-order valence-electron chi connectivity index (χ0n) is 7.60. The van der Waals surface area contributed by atoms with Crippen LogP contribution in [0.15, 0.2) is 11.6 Å². The summed E-state index contributed by atoms with van der Waals surface area (Å²) in [7, 11) is -0.720. The van der Waals surface area contributed by atoms with Crippen molar-refractivity contribution in [3.05, 3.63) is 11.6 Å². The molecule has 1 N–H and O–H groups in total.